The first-order valence-corrected chi connectivity index (χ1v) is 17.5. The fourth-order valence-corrected chi connectivity index (χ4v) is 11.2. The Labute approximate surface area is 280 Å². The number of ether oxygens (including phenoxy) is 2. The van der Waals surface area contributed by atoms with Crippen LogP contribution in [0.4, 0.5) is 11.4 Å². The third-order valence-electron chi connectivity index (χ3n) is 9.79. The minimum Gasteiger partial charge on any atom is -0.497 e. The Hall–Kier alpha value is -3.87. The number of hydrogen-bond donors (Lipinski definition) is 2. The molecule has 0 radical (unpaired) electrons. The van der Waals surface area contributed by atoms with Gasteiger partial charge in [-0.25, -0.2) is 0 Å². The van der Waals surface area contributed by atoms with E-state index in [0.717, 1.165) is 26.4 Å². The molecule has 6 unspecified atom stereocenters. The van der Waals surface area contributed by atoms with Crippen molar-refractivity contribution >= 4 is 68.1 Å². The normalized spacial score (nSPS) is 27.3. The number of aromatic amines is 1. The first-order chi connectivity index (χ1) is 22.3. The summed E-state index contributed by atoms with van der Waals surface area (Å²) in [5.41, 5.74) is 2.27. The lowest BCUT2D eigenvalue weighted by Crippen LogP contribution is -2.42. The van der Waals surface area contributed by atoms with Gasteiger partial charge >= 0.3 is 4.87 Å². The van der Waals surface area contributed by atoms with Crippen molar-refractivity contribution in [2.75, 3.05) is 23.9 Å². The molecule has 2 aliphatic carbocycles. The maximum absolute atomic E-state index is 13.9. The van der Waals surface area contributed by atoms with Gasteiger partial charge in [-0.1, -0.05) is 39.4 Å². The van der Waals surface area contributed by atoms with Crippen LogP contribution < -0.4 is 24.6 Å². The van der Waals surface area contributed by atoms with E-state index < -0.39 is 0 Å². The molecular weight excluding hydrogens is 690 g/mol. The SMILES string of the molecule is COc1ccc(NC(=O)COc2ccc([C@H]3c4sc(=O)[nH]c4SC4C5CC(C6C(=O)N(c7ccc(Br)cc7)C(=O)C56)C43)cc2)cc1. The van der Waals surface area contributed by atoms with E-state index in [9.17, 15) is 19.2 Å². The van der Waals surface area contributed by atoms with Gasteiger partial charge in [-0.05, 0) is 90.4 Å². The van der Waals surface area contributed by atoms with E-state index in [1.807, 2.05) is 48.5 Å². The Balaban J connectivity index is 1.04. The number of aromatic nitrogens is 1. The Morgan fingerprint density at radius 3 is 2.30 bits per heavy atom. The number of fused-ring (bicyclic) bond motifs is 9. The molecule has 2 bridgehead atoms. The van der Waals surface area contributed by atoms with E-state index in [1.54, 1.807) is 43.1 Å². The molecule has 9 nitrogen and oxygen atoms in total. The van der Waals surface area contributed by atoms with Crippen molar-refractivity contribution in [2.24, 2.45) is 29.6 Å². The third-order valence-corrected chi connectivity index (χ3v) is 12.9. The van der Waals surface area contributed by atoms with Crippen LogP contribution in [0.15, 0.2) is 87.1 Å². The third kappa shape index (κ3) is 4.80. The number of carbonyl (C=O) groups excluding carboxylic acids is 3. The molecule has 4 aromatic rings. The zero-order chi connectivity index (χ0) is 31.7. The van der Waals surface area contributed by atoms with Crippen molar-refractivity contribution < 1.29 is 23.9 Å². The number of rotatable bonds is 7. The number of amides is 3. The number of thioether (sulfide) groups is 1. The quantitative estimate of drug-likeness (QED) is 0.229. The zero-order valence-electron chi connectivity index (χ0n) is 24.5. The summed E-state index contributed by atoms with van der Waals surface area (Å²) in [6.07, 6.45) is 0.823. The van der Waals surface area contributed by atoms with Crippen molar-refractivity contribution in [3.8, 4) is 11.5 Å². The van der Waals surface area contributed by atoms with Gasteiger partial charge in [0.05, 0.1) is 29.7 Å². The molecule has 2 N–H and O–H groups in total. The summed E-state index contributed by atoms with van der Waals surface area (Å²) in [5, 5.41) is 3.78. The average Bonchev–Trinajstić information content (AvgIpc) is 3.80. The van der Waals surface area contributed by atoms with E-state index in [0.29, 0.717) is 22.9 Å². The van der Waals surface area contributed by atoms with Crippen LogP contribution in [0.5, 0.6) is 11.5 Å². The van der Waals surface area contributed by atoms with Crippen LogP contribution in [-0.2, 0) is 14.4 Å². The van der Waals surface area contributed by atoms with Crippen molar-refractivity contribution in [2.45, 2.75) is 22.6 Å². The Morgan fingerprint density at radius 2 is 1.61 bits per heavy atom. The highest BCUT2D eigenvalue weighted by molar-refractivity contribution is 9.10. The zero-order valence-corrected chi connectivity index (χ0v) is 27.7. The second-order valence-electron chi connectivity index (χ2n) is 12.1. The number of halogens is 1. The van der Waals surface area contributed by atoms with Crippen molar-refractivity contribution in [3.63, 3.8) is 0 Å². The van der Waals surface area contributed by atoms with Crippen LogP contribution in [-0.4, -0.2) is 41.7 Å². The van der Waals surface area contributed by atoms with Gasteiger partial charge in [-0.3, -0.25) is 24.1 Å². The molecule has 0 spiro atoms. The Bertz CT molecular complexity index is 1910. The molecule has 4 aliphatic rings. The number of nitrogens with zero attached hydrogens (tertiary/aromatic N) is 1. The number of thiazole rings is 1. The summed E-state index contributed by atoms with van der Waals surface area (Å²) < 4.78 is 11.8. The smallest absolute Gasteiger partial charge is 0.305 e. The lowest BCUT2D eigenvalue weighted by Gasteiger charge is -2.43. The molecule has 1 aromatic heterocycles. The molecule has 1 saturated heterocycles. The molecule has 7 atom stereocenters. The van der Waals surface area contributed by atoms with Gasteiger partial charge in [0.25, 0.3) is 5.91 Å². The molecule has 234 valence electrons. The molecule has 3 heterocycles. The van der Waals surface area contributed by atoms with Gasteiger partial charge in [-0.2, -0.15) is 0 Å². The van der Waals surface area contributed by atoms with E-state index in [2.05, 4.69) is 26.2 Å². The summed E-state index contributed by atoms with van der Waals surface area (Å²) in [4.78, 5) is 58.1. The number of hydrogen-bond acceptors (Lipinski definition) is 8. The molecule has 3 aromatic carbocycles. The number of nitrogens with one attached hydrogen (secondary N) is 2. The van der Waals surface area contributed by atoms with E-state index in [-0.39, 0.29) is 70.0 Å². The molecule has 3 amide bonds. The number of H-pyrrole nitrogens is 1. The number of anilines is 2. The average molecular weight is 719 g/mol. The Morgan fingerprint density at radius 1 is 0.935 bits per heavy atom. The van der Waals surface area contributed by atoms with Crippen molar-refractivity contribution in [1.82, 2.24) is 4.98 Å². The second-order valence-corrected chi connectivity index (χ2v) is 15.2. The molecule has 2 aliphatic heterocycles. The first kappa shape index (κ1) is 29.5. The van der Waals surface area contributed by atoms with Gasteiger partial charge in [0.15, 0.2) is 6.61 Å². The molecular formula is C34H28BrN3O6S2. The highest BCUT2D eigenvalue weighted by atomic mass is 79.9. The number of methoxy groups -OCH3 is 1. The van der Waals surface area contributed by atoms with Crippen LogP contribution in [0.1, 0.15) is 22.8 Å². The van der Waals surface area contributed by atoms with E-state index in [4.69, 9.17) is 9.47 Å². The predicted molar refractivity (Wildman–Crippen MR) is 179 cm³/mol. The number of benzene rings is 3. The fraction of sp³-hybridized carbons (Fsp3) is 0.294. The van der Waals surface area contributed by atoms with E-state index >= 15 is 0 Å². The Kier molecular flexibility index (Phi) is 7.34. The molecule has 46 heavy (non-hydrogen) atoms. The maximum Gasteiger partial charge on any atom is 0.305 e. The van der Waals surface area contributed by atoms with Gasteiger partial charge < -0.3 is 19.8 Å². The van der Waals surface area contributed by atoms with Crippen molar-refractivity contribution in [3.05, 3.63) is 97.4 Å². The molecule has 8 rings (SSSR count). The van der Waals surface area contributed by atoms with Gasteiger partial charge in [0.1, 0.15) is 11.5 Å². The summed E-state index contributed by atoms with van der Waals surface area (Å²) in [5.74, 6) is 0.103. The minimum absolute atomic E-state index is 0.0253. The van der Waals surface area contributed by atoms with Gasteiger partial charge in [0, 0.05) is 26.2 Å². The van der Waals surface area contributed by atoms with Crippen LogP contribution in [0, 0.1) is 29.6 Å². The van der Waals surface area contributed by atoms with Gasteiger partial charge in [-0.15, -0.1) is 11.8 Å². The van der Waals surface area contributed by atoms with E-state index in [1.165, 1.54) is 16.2 Å². The fourth-order valence-electron chi connectivity index (χ4n) is 8.03. The number of imide groups is 1. The number of carbonyl (C=O) groups is 3. The lowest BCUT2D eigenvalue weighted by molar-refractivity contribution is -0.123. The monoisotopic (exact) mass is 717 g/mol. The molecule has 2 saturated carbocycles. The summed E-state index contributed by atoms with van der Waals surface area (Å²) in [6.45, 7) is -0.155. The highest BCUT2D eigenvalue weighted by Gasteiger charge is 2.69. The summed E-state index contributed by atoms with van der Waals surface area (Å²) in [6, 6.07) is 22.0. The maximum atomic E-state index is 13.9. The van der Waals surface area contributed by atoms with Crippen LogP contribution in [0.3, 0.4) is 0 Å². The lowest BCUT2D eigenvalue weighted by atomic mass is 9.68. The van der Waals surface area contributed by atoms with Crippen molar-refractivity contribution in [1.29, 1.82) is 0 Å². The van der Waals surface area contributed by atoms with Crippen LogP contribution in [0.25, 0.3) is 0 Å². The van der Waals surface area contributed by atoms with Gasteiger partial charge in [0.2, 0.25) is 11.8 Å². The molecule has 12 heteroatoms. The summed E-state index contributed by atoms with van der Waals surface area (Å²) >= 11 is 6.33. The van der Waals surface area contributed by atoms with Crippen LogP contribution >= 0.6 is 39.0 Å². The standard InChI is InChI=1S/C34H28BrN3O6S2/c1-43-20-12-6-18(7-13-20)36-24(39)15-44-21-10-2-16(3-11-21)25-26-22-14-23(29(26)45-31-30(25)46-34(42)37-31)28-27(22)32(40)38(33(28)41)19-8-4-17(35)5-9-19/h2-13,22-23,25-29H,14-15H2,1H3,(H,36,39)(H,37,42)/t22?,23?,25-,26?,27?,28?,29?/m1/s1. The van der Waals surface area contributed by atoms with Crippen LogP contribution in [0.2, 0.25) is 0 Å². The largest absolute Gasteiger partial charge is 0.497 e. The second kappa shape index (κ2) is 11.4. The predicted octanol–water partition coefficient (Wildman–Crippen LogP) is 5.90. The highest BCUT2D eigenvalue weighted by Crippen LogP contribution is 2.68. The molecule has 3 fully saturated rings. The first-order valence-electron chi connectivity index (χ1n) is 15.0. The minimum atomic E-state index is -0.366. The topological polar surface area (TPSA) is 118 Å². The summed E-state index contributed by atoms with van der Waals surface area (Å²) in [7, 11) is 1.59.